The summed E-state index contributed by atoms with van der Waals surface area (Å²) in [4.78, 5) is 18.6. The summed E-state index contributed by atoms with van der Waals surface area (Å²) < 4.78 is 0. The molecule has 2 heterocycles. The average molecular weight is 344 g/mol. The summed E-state index contributed by atoms with van der Waals surface area (Å²) in [6.07, 6.45) is 1.87. The van der Waals surface area contributed by atoms with E-state index in [1.54, 1.807) is 6.07 Å². The zero-order valence-corrected chi connectivity index (χ0v) is 13.0. The molecule has 1 aromatic rings. The topological polar surface area (TPSA) is 87.1 Å². The van der Waals surface area contributed by atoms with Gasteiger partial charge in [-0.3, -0.25) is 4.79 Å². The number of carboxylic acids is 1. The highest BCUT2D eigenvalue weighted by atomic mass is 35.5. The minimum absolute atomic E-state index is 0. The molecular weight excluding hydrogens is 327 g/mol. The number of carbonyl (C=O) groups is 1. The highest BCUT2D eigenvalue weighted by molar-refractivity contribution is 6.28. The van der Waals surface area contributed by atoms with Gasteiger partial charge in [-0.25, -0.2) is 9.97 Å². The molecule has 1 aliphatic heterocycles. The first-order valence-electron chi connectivity index (χ1n) is 5.86. The van der Waals surface area contributed by atoms with Crippen molar-refractivity contribution in [2.45, 2.75) is 25.3 Å². The van der Waals surface area contributed by atoms with Crippen LogP contribution < -0.4 is 10.6 Å². The molecule has 0 spiro atoms. The van der Waals surface area contributed by atoms with Gasteiger partial charge >= 0.3 is 5.97 Å². The SMILES string of the molecule is Cl.Cl.O=C(O)Cc1cc(NC2CCNCC2)nc(Cl)n1. The van der Waals surface area contributed by atoms with E-state index in [4.69, 9.17) is 16.7 Å². The molecule has 0 aliphatic carbocycles. The van der Waals surface area contributed by atoms with Crippen LogP contribution in [0.4, 0.5) is 5.82 Å². The minimum Gasteiger partial charge on any atom is -0.481 e. The lowest BCUT2D eigenvalue weighted by Crippen LogP contribution is -2.35. The number of piperidine rings is 1. The van der Waals surface area contributed by atoms with E-state index in [0.717, 1.165) is 25.9 Å². The summed E-state index contributed by atoms with van der Waals surface area (Å²) in [6.45, 7) is 1.94. The lowest BCUT2D eigenvalue weighted by atomic mass is 10.1. The molecule has 0 atom stereocenters. The van der Waals surface area contributed by atoms with Crippen molar-refractivity contribution >= 4 is 48.2 Å². The normalized spacial score (nSPS) is 14.8. The van der Waals surface area contributed by atoms with E-state index >= 15 is 0 Å². The maximum absolute atomic E-state index is 10.6. The van der Waals surface area contributed by atoms with Gasteiger partial charge in [-0.2, -0.15) is 0 Å². The van der Waals surface area contributed by atoms with Crippen LogP contribution in [-0.4, -0.2) is 40.2 Å². The van der Waals surface area contributed by atoms with Crippen LogP contribution in [0.1, 0.15) is 18.5 Å². The number of aliphatic carboxylic acids is 1. The summed E-state index contributed by atoms with van der Waals surface area (Å²) in [5, 5.41) is 15.4. The molecule has 114 valence electrons. The van der Waals surface area contributed by atoms with E-state index in [1.807, 2.05) is 0 Å². The van der Waals surface area contributed by atoms with Crippen LogP contribution >= 0.6 is 36.4 Å². The molecule has 1 saturated heterocycles. The van der Waals surface area contributed by atoms with Crippen LogP contribution in [-0.2, 0) is 11.2 Å². The van der Waals surface area contributed by atoms with Gasteiger partial charge in [0.1, 0.15) is 5.82 Å². The zero-order chi connectivity index (χ0) is 13.0. The predicted molar refractivity (Wildman–Crippen MR) is 82.4 cm³/mol. The lowest BCUT2D eigenvalue weighted by molar-refractivity contribution is -0.136. The Balaban J connectivity index is 0.00000180. The molecule has 0 aromatic carbocycles. The fourth-order valence-electron chi connectivity index (χ4n) is 1.96. The van der Waals surface area contributed by atoms with Crippen molar-refractivity contribution in [1.29, 1.82) is 0 Å². The van der Waals surface area contributed by atoms with Crippen LogP contribution in [0.5, 0.6) is 0 Å². The number of nitrogens with one attached hydrogen (secondary N) is 2. The van der Waals surface area contributed by atoms with Gasteiger partial charge < -0.3 is 15.7 Å². The lowest BCUT2D eigenvalue weighted by Gasteiger charge is -2.24. The van der Waals surface area contributed by atoms with Crippen molar-refractivity contribution in [3.8, 4) is 0 Å². The van der Waals surface area contributed by atoms with Gasteiger partial charge in [-0.05, 0) is 37.5 Å². The Morgan fingerprint density at radius 2 is 2.05 bits per heavy atom. The summed E-state index contributed by atoms with van der Waals surface area (Å²) in [5.74, 6) is -0.337. The van der Waals surface area contributed by atoms with Crippen LogP contribution in [0.2, 0.25) is 5.28 Å². The van der Waals surface area contributed by atoms with Crippen molar-refractivity contribution in [2.24, 2.45) is 0 Å². The van der Waals surface area contributed by atoms with Gasteiger partial charge in [0, 0.05) is 12.1 Å². The number of rotatable bonds is 4. The smallest absolute Gasteiger partial charge is 0.309 e. The summed E-state index contributed by atoms with van der Waals surface area (Å²) in [5.41, 5.74) is 0.416. The van der Waals surface area contributed by atoms with Gasteiger partial charge in [-0.1, -0.05) is 0 Å². The van der Waals surface area contributed by atoms with Gasteiger partial charge in [-0.15, -0.1) is 24.8 Å². The second-order valence-electron chi connectivity index (χ2n) is 4.25. The number of hydrogen-bond acceptors (Lipinski definition) is 5. The molecule has 20 heavy (non-hydrogen) atoms. The first-order valence-corrected chi connectivity index (χ1v) is 6.24. The average Bonchev–Trinajstić information content (AvgIpc) is 2.28. The molecule has 6 nitrogen and oxygen atoms in total. The molecule has 1 fully saturated rings. The van der Waals surface area contributed by atoms with E-state index in [0.29, 0.717) is 17.6 Å². The van der Waals surface area contributed by atoms with Crippen molar-refractivity contribution in [3.05, 3.63) is 17.0 Å². The van der Waals surface area contributed by atoms with E-state index in [1.165, 1.54) is 0 Å². The van der Waals surface area contributed by atoms with Crippen LogP contribution in [0, 0.1) is 0 Å². The quantitative estimate of drug-likeness (QED) is 0.722. The van der Waals surface area contributed by atoms with Gasteiger partial charge in [0.2, 0.25) is 5.28 Å². The van der Waals surface area contributed by atoms with Crippen molar-refractivity contribution < 1.29 is 9.90 Å². The molecule has 2 rings (SSSR count). The third kappa shape index (κ3) is 6.09. The van der Waals surface area contributed by atoms with Crippen LogP contribution in [0.15, 0.2) is 6.07 Å². The fraction of sp³-hybridized carbons (Fsp3) is 0.545. The molecule has 0 amide bonds. The van der Waals surface area contributed by atoms with Gasteiger partial charge in [0.25, 0.3) is 0 Å². The zero-order valence-electron chi connectivity index (χ0n) is 10.6. The Bertz CT molecular complexity index is 442. The van der Waals surface area contributed by atoms with Crippen molar-refractivity contribution in [2.75, 3.05) is 18.4 Å². The van der Waals surface area contributed by atoms with E-state index < -0.39 is 5.97 Å². The first kappa shape index (κ1) is 19.2. The highest BCUT2D eigenvalue weighted by Gasteiger charge is 2.14. The van der Waals surface area contributed by atoms with Crippen molar-refractivity contribution in [3.63, 3.8) is 0 Å². The Labute approximate surface area is 134 Å². The number of nitrogens with zero attached hydrogens (tertiary/aromatic N) is 2. The Morgan fingerprint density at radius 3 is 2.65 bits per heavy atom. The molecular formula is C11H17Cl3N4O2. The minimum atomic E-state index is -0.933. The van der Waals surface area contributed by atoms with Crippen molar-refractivity contribution in [1.82, 2.24) is 15.3 Å². The van der Waals surface area contributed by atoms with E-state index in [-0.39, 0.29) is 36.5 Å². The predicted octanol–water partition coefficient (Wildman–Crippen LogP) is 1.76. The third-order valence-electron chi connectivity index (χ3n) is 2.78. The number of halogens is 3. The van der Waals surface area contributed by atoms with Gasteiger partial charge in [0.15, 0.2) is 0 Å². The molecule has 3 N–H and O–H groups in total. The third-order valence-corrected chi connectivity index (χ3v) is 2.94. The molecule has 0 saturated carbocycles. The molecule has 0 unspecified atom stereocenters. The summed E-state index contributed by atoms with van der Waals surface area (Å²) in [6, 6.07) is 1.98. The number of aromatic nitrogens is 2. The number of carboxylic acid groups (broad SMARTS) is 1. The molecule has 0 bridgehead atoms. The Morgan fingerprint density at radius 1 is 1.40 bits per heavy atom. The maximum Gasteiger partial charge on any atom is 0.309 e. The summed E-state index contributed by atoms with van der Waals surface area (Å²) in [7, 11) is 0. The largest absolute Gasteiger partial charge is 0.481 e. The Kier molecular flexibility index (Phi) is 8.80. The molecule has 9 heteroatoms. The maximum atomic E-state index is 10.6. The molecule has 0 radical (unpaired) electrons. The number of anilines is 1. The fourth-order valence-corrected chi connectivity index (χ4v) is 2.16. The Hall–Kier alpha value is -0.820. The molecule has 1 aliphatic rings. The van der Waals surface area contributed by atoms with E-state index in [9.17, 15) is 4.79 Å². The highest BCUT2D eigenvalue weighted by Crippen LogP contribution is 2.15. The van der Waals surface area contributed by atoms with Crippen LogP contribution in [0.3, 0.4) is 0 Å². The second kappa shape index (κ2) is 9.18. The summed E-state index contributed by atoms with van der Waals surface area (Å²) >= 11 is 5.78. The first-order chi connectivity index (χ1) is 8.63. The van der Waals surface area contributed by atoms with Crippen LogP contribution in [0.25, 0.3) is 0 Å². The standard InChI is InChI=1S/C11H15ClN4O2.2ClH/c12-11-15-8(6-10(17)18)5-9(16-11)14-7-1-3-13-4-2-7;;/h5,7,13H,1-4,6H2,(H,17,18)(H,14,15,16);2*1H. The monoisotopic (exact) mass is 342 g/mol. The van der Waals surface area contributed by atoms with Gasteiger partial charge in [0.05, 0.1) is 12.1 Å². The second-order valence-corrected chi connectivity index (χ2v) is 4.59. The molecule has 1 aromatic heterocycles. The number of hydrogen-bond donors (Lipinski definition) is 3. The van der Waals surface area contributed by atoms with E-state index in [2.05, 4.69) is 20.6 Å².